The fourth-order valence-corrected chi connectivity index (χ4v) is 11.1. The third kappa shape index (κ3) is 7.45. The predicted octanol–water partition coefficient (Wildman–Crippen LogP) is 9.17. The summed E-state index contributed by atoms with van der Waals surface area (Å²) in [5.74, 6) is 0.896. The van der Waals surface area contributed by atoms with Gasteiger partial charge in [0.25, 0.3) is 0 Å². The number of hydrogen-bond donors (Lipinski definition) is 0. The van der Waals surface area contributed by atoms with Crippen molar-refractivity contribution in [2.24, 2.45) is 0 Å². The molecule has 0 bridgehead atoms. The molecule has 0 fully saturated rings. The standard InChI is InChI=1S/C42H40OP2/c1-32-28-33(2)42(31-45(38-20-12-6-13-21-38)39-22-14-7-15-23-39)40(29-34-24-26-35(43-3)27-25-34)41(32)30-44(36-16-8-4-9-17-36)37-18-10-5-11-19-37/h4-28H,29-31H2,1-3H3. The Balaban J connectivity index is 1.51. The number of benzene rings is 6. The summed E-state index contributed by atoms with van der Waals surface area (Å²) in [6, 6.07) is 55.6. The molecule has 224 valence electrons. The molecule has 0 spiro atoms. The molecule has 0 aliphatic heterocycles. The maximum Gasteiger partial charge on any atom is 0.118 e. The lowest BCUT2D eigenvalue weighted by atomic mass is 9.90. The molecule has 3 heteroatoms. The van der Waals surface area contributed by atoms with Crippen LogP contribution < -0.4 is 26.0 Å². The zero-order valence-electron chi connectivity index (χ0n) is 26.4. The summed E-state index contributed by atoms with van der Waals surface area (Å²) in [5.41, 5.74) is 8.60. The number of methoxy groups -OCH3 is 1. The van der Waals surface area contributed by atoms with Gasteiger partial charge in [-0.25, -0.2) is 0 Å². The van der Waals surface area contributed by atoms with Crippen LogP contribution in [0.5, 0.6) is 5.75 Å². The third-order valence-corrected chi connectivity index (χ3v) is 13.5. The fraction of sp³-hybridized carbons (Fsp3) is 0.143. The quantitative estimate of drug-likeness (QED) is 0.131. The lowest BCUT2D eigenvalue weighted by molar-refractivity contribution is 0.414. The smallest absolute Gasteiger partial charge is 0.118 e. The lowest BCUT2D eigenvalue weighted by Crippen LogP contribution is -2.17. The Hall–Kier alpha value is -4.02. The van der Waals surface area contributed by atoms with Crippen molar-refractivity contribution in [3.8, 4) is 5.75 Å². The van der Waals surface area contributed by atoms with Crippen molar-refractivity contribution in [2.75, 3.05) is 7.11 Å². The zero-order valence-corrected chi connectivity index (χ0v) is 28.1. The van der Waals surface area contributed by atoms with Gasteiger partial charge in [0.05, 0.1) is 7.11 Å². The van der Waals surface area contributed by atoms with Gasteiger partial charge < -0.3 is 4.74 Å². The van der Waals surface area contributed by atoms with Gasteiger partial charge in [0.1, 0.15) is 5.75 Å². The minimum atomic E-state index is -0.587. The first kappa shape index (κ1) is 31.0. The van der Waals surface area contributed by atoms with E-state index >= 15 is 0 Å². The van der Waals surface area contributed by atoms with Gasteiger partial charge in [-0.2, -0.15) is 0 Å². The van der Waals surface area contributed by atoms with Gasteiger partial charge in [0.2, 0.25) is 0 Å². The molecule has 6 aromatic rings. The molecular weight excluding hydrogens is 582 g/mol. The molecule has 0 amide bonds. The summed E-state index contributed by atoms with van der Waals surface area (Å²) in [7, 11) is 0.563. The van der Waals surface area contributed by atoms with Crippen molar-refractivity contribution < 1.29 is 4.74 Å². The Morgan fingerprint density at radius 2 is 0.800 bits per heavy atom. The van der Waals surface area contributed by atoms with Crippen LogP contribution in [0, 0.1) is 13.8 Å². The van der Waals surface area contributed by atoms with E-state index in [1.807, 2.05) is 0 Å². The van der Waals surface area contributed by atoms with Crippen molar-refractivity contribution in [1.82, 2.24) is 0 Å². The van der Waals surface area contributed by atoms with E-state index in [-0.39, 0.29) is 0 Å². The maximum absolute atomic E-state index is 5.51. The van der Waals surface area contributed by atoms with Gasteiger partial charge in [-0.05, 0) is 103 Å². The molecule has 0 unspecified atom stereocenters. The first-order chi connectivity index (χ1) is 22.1. The first-order valence-corrected chi connectivity index (χ1v) is 18.6. The molecule has 0 aliphatic carbocycles. The molecule has 0 saturated carbocycles. The third-order valence-electron chi connectivity index (χ3n) is 8.56. The summed E-state index contributed by atoms with van der Waals surface area (Å²) in [6.07, 6.45) is 2.93. The Labute approximate surface area is 271 Å². The topological polar surface area (TPSA) is 9.23 Å². The molecule has 1 nitrogen and oxygen atoms in total. The summed E-state index contributed by atoms with van der Waals surface area (Å²) in [5, 5.41) is 5.69. The number of rotatable bonds is 11. The van der Waals surface area contributed by atoms with Crippen LogP contribution in [0.3, 0.4) is 0 Å². The van der Waals surface area contributed by atoms with Crippen LogP contribution >= 0.6 is 15.8 Å². The molecule has 6 aromatic carbocycles. The molecule has 0 atom stereocenters. The van der Waals surface area contributed by atoms with E-state index < -0.39 is 15.8 Å². The van der Waals surface area contributed by atoms with Gasteiger partial charge in [0.15, 0.2) is 0 Å². The summed E-state index contributed by atoms with van der Waals surface area (Å²) < 4.78 is 5.51. The normalized spacial score (nSPS) is 11.2. The highest BCUT2D eigenvalue weighted by molar-refractivity contribution is 7.72. The van der Waals surface area contributed by atoms with E-state index in [1.165, 1.54) is 54.6 Å². The number of hydrogen-bond acceptors (Lipinski definition) is 1. The van der Waals surface area contributed by atoms with Crippen LogP contribution in [0.15, 0.2) is 152 Å². The second-order valence-electron chi connectivity index (χ2n) is 11.5. The molecule has 0 saturated heterocycles. The Bertz CT molecular complexity index is 1610. The maximum atomic E-state index is 5.51. The Morgan fingerprint density at radius 3 is 1.13 bits per heavy atom. The van der Waals surface area contributed by atoms with E-state index in [0.717, 1.165) is 24.5 Å². The minimum absolute atomic E-state index is 0.587. The monoisotopic (exact) mass is 622 g/mol. The van der Waals surface area contributed by atoms with Gasteiger partial charge in [-0.1, -0.05) is 140 Å². The van der Waals surface area contributed by atoms with Crippen molar-refractivity contribution in [1.29, 1.82) is 0 Å². The number of ether oxygens (including phenoxy) is 1. The molecule has 6 rings (SSSR count). The van der Waals surface area contributed by atoms with Crippen LogP contribution in [-0.4, -0.2) is 7.11 Å². The van der Waals surface area contributed by atoms with E-state index in [4.69, 9.17) is 4.74 Å². The molecule has 0 aliphatic rings. The molecule has 0 heterocycles. The predicted molar refractivity (Wildman–Crippen MR) is 197 cm³/mol. The average Bonchev–Trinajstić information content (AvgIpc) is 3.10. The Morgan fingerprint density at radius 1 is 0.444 bits per heavy atom. The molecule has 0 aromatic heterocycles. The minimum Gasteiger partial charge on any atom is -0.497 e. The number of aryl methyl sites for hydroxylation is 2. The van der Waals surface area contributed by atoms with E-state index in [1.54, 1.807) is 7.11 Å². The summed E-state index contributed by atoms with van der Waals surface area (Å²) >= 11 is 0. The van der Waals surface area contributed by atoms with Crippen molar-refractivity contribution in [3.63, 3.8) is 0 Å². The van der Waals surface area contributed by atoms with E-state index in [0.29, 0.717) is 0 Å². The highest BCUT2D eigenvalue weighted by Gasteiger charge is 2.24. The first-order valence-electron chi connectivity index (χ1n) is 15.6. The zero-order chi connectivity index (χ0) is 31.0. The second-order valence-corrected chi connectivity index (χ2v) is 15.9. The van der Waals surface area contributed by atoms with Crippen LogP contribution in [-0.2, 0) is 18.7 Å². The summed E-state index contributed by atoms with van der Waals surface area (Å²) in [4.78, 5) is 0. The largest absolute Gasteiger partial charge is 0.497 e. The highest BCUT2D eigenvalue weighted by atomic mass is 31.1. The molecule has 0 N–H and O–H groups in total. The van der Waals surface area contributed by atoms with Crippen LogP contribution in [0.25, 0.3) is 0 Å². The molecular formula is C42H40OP2. The van der Waals surface area contributed by atoms with Gasteiger partial charge >= 0.3 is 0 Å². The van der Waals surface area contributed by atoms with Crippen LogP contribution in [0.4, 0.5) is 0 Å². The average molecular weight is 623 g/mol. The van der Waals surface area contributed by atoms with Crippen LogP contribution in [0.2, 0.25) is 0 Å². The fourth-order valence-electron chi connectivity index (χ4n) is 6.17. The van der Waals surface area contributed by atoms with Gasteiger partial charge in [0, 0.05) is 12.3 Å². The van der Waals surface area contributed by atoms with Crippen molar-refractivity contribution in [2.45, 2.75) is 32.6 Å². The lowest BCUT2D eigenvalue weighted by Gasteiger charge is -2.27. The van der Waals surface area contributed by atoms with E-state index in [2.05, 4.69) is 166 Å². The molecule has 45 heavy (non-hydrogen) atoms. The van der Waals surface area contributed by atoms with Gasteiger partial charge in [-0.15, -0.1) is 0 Å². The summed E-state index contributed by atoms with van der Waals surface area (Å²) in [6.45, 7) is 4.65. The van der Waals surface area contributed by atoms with Crippen LogP contribution in [0.1, 0.15) is 33.4 Å². The second kappa shape index (κ2) is 14.8. The van der Waals surface area contributed by atoms with Crippen molar-refractivity contribution in [3.05, 3.63) is 185 Å². The van der Waals surface area contributed by atoms with Crippen molar-refractivity contribution >= 4 is 37.1 Å². The van der Waals surface area contributed by atoms with Gasteiger partial charge in [-0.3, -0.25) is 0 Å². The molecule has 0 radical (unpaired) electrons. The SMILES string of the molecule is COc1ccc(Cc2c(CP(c3ccccc3)c3ccccc3)c(C)cc(C)c2CP(c2ccccc2)c2ccccc2)cc1. The Kier molecular flexibility index (Phi) is 10.2. The van der Waals surface area contributed by atoms with E-state index in [9.17, 15) is 0 Å². The highest BCUT2D eigenvalue weighted by Crippen LogP contribution is 2.45.